The van der Waals surface area contributed by atoms with Gasteiger partial charge in [0.05, 0.1) is 4.90 Å². The van der Waals surface area contributed by atoms with Crippen LogP contribution in [0.3, 0.4) is 0 Å². The van der Waals surface area contributed by atoms with Gasteiger partial charge in [-0.1, -0.05) is 31.8 Å². The molecule has 1 aliphatic rings. The van der Waals surface area contributed by atoms with Crippen molar-refractivity contribution in [1.29, 1.82) is 0 Å². The standard InChI is InChI=1S/C16H21NO3S/c1-13(2)15-8-9-17(12-15)21(19,20)16-7-3-5-14(11-16)6-4-10-18/h3,5,7,11,13,15,18H,8-10,12H2,1-2H3. The molecule has 1 heterocycles. The maximum absolute atomic E-state index is 12.7. The number of aliphatic hydroxyl groups is 1. The van der Waals surface area contributed by atoms with E-state index < -0.39 is 10.0 Å². The molecule has 114 valence electrons. The zero-order chi connectivity index (χ0) is 15.5. The number of nitrogens with zero attached hydrogens (tertiary/aromatic N) is 1. The van der Waals surface area contributed by atoms with Crippen molar-refractivity contribution in [3.63, 3.8) is 0 Å². The summed E-state index contributed by atoms with van der Waals surface area (Å²) in [4.78, 5) is 0.275. The van der Waals surface area contributed by atoms with Crippen molar-refractivity contribution in [1.82, 2.24) is 4.31 Å². The molecule has 0 radical (unpaired) electrons. The molecule has 1 aromatic rings. The highest BCUT2D eigenvalue weighted by Gasteiger charge is 2.33. The van der Waals surface area contributed by atoms with E-state index in [2.05, 4.69) is 25.7 Å². The maximum Gasteiger partial charge on any atom is 0.243 e. The third kappa shape index (κ3) is 3.65. The zero-order valence-corrected chi connectivity index (χ0v) is 13.2. The minimum Gasteiger partial charge on any atom is -0.384 e. The normalized spacial score (nSPS) is 19.5. The van der Waals surface area contributed by atoms with Gasteiger partial charge >= 0.3 is 0 Å². The summed E-state index contributed by atoms with van der Waals surface area (Å²) in [6.07, 6.45) is 0.918. The Balaban J connectivity index is 2.24. The van der Waals surface area contributed by atoms with Crippen LogP contribution in [0.4, 0.5) is 0 Å². The van der Waals surface area contributed by atoms with Crippen molar-refractivity contribution >= 4 is 10.0 Å². The predicted octanol–water partition coefficient (Wildman–Crippen LogP) is 1.70. The van der Waals surface area contributed by atoms with Crippen LogP contribution in [-0.4, -0.2) is 37.5 Å². The second-order valence-corrected chi connectivity index (χ2v) is 7.58. The lowest BCUT2D eigenvalue weighted by Crippen LogP contribution is -2.29. The number of sulfonamides is 1. The highest BCUT2D eigenvalue weighted by Crippen LogP contribution is 2.28. The van der Waals surface area contributed by atoms with E-state index in [-0.39, 0.29) is 11.5 Å². The van der Waals surface area contributed by atoms with Crippen LogP contribution < -0.4 is 0 Å². The summed E-state index contributed by atoms with van der Waals surface area (Å²) >= 11 is 0. The van der Waals surface area contributed by atoms with E-state index in [0.29, 0.717) is 30.5 Å². The van der Waals surface area contributed by atoms with Gasteiger partial charge in [0.15, 0.2) is 0 Å². The van der Waals surface area contributed by atoms with Crippen molar-refractivity contribution in [3.05, 3.63) is 29.8 Å². The first-order valence-corrected chi connectivity index (χ1v) is 8.59. The molecule has 1 N–H and O–H groups in total. The summed E-state index contributed by atoms with van der Waals surface area (Å²) in [5.41, 5.74) is 0.602. The van der Waals surface area contributed by atoms with E-state index in [9.17, 15) is 8.42 Å². The Hall–Kier alpha value is -1.35. The van der Waals surface area contributed by atoms with Gasteiger partial charge in [-0.2, -0.15) is 4.31 Å². The van der Waals surface area contributed by atoms with Crippen LogP contribution in [0.1, 0.15) is 25.8 Å². The molecule has 2 rings (SSSR count). The molecule has 1 aliphatic heterocycles. The second kappa shape index (κ2) is 6.61. The Bertz CT molecular complexity index is 656. The fourth-order valence-corrected chi connectivity index (χ4v) is 4.10. The summed E-state index contributed by atoms with van der Waals surface area (Å²) in [6.45, 7) is 5.20. The first-order valence-electron chi connectivity index (χ1n) is 7.15. The summed E-state index contributed by atoms with van der Waals surface area (Å²) in [7, 11) is -3.45. The van der Waals surface area contributed by atoms with Gasteiger partial charge in [0.25, 0.3) is 0 Å². The van der Waals surface area contributed by atoms with E-state index in [1.165, 1.54) is 0 Å². The first-order chi connectivity index (χ1) is 9.95. The van der Waals surface area contributed by atoms with Crippen LogP contribution in [0.25, 0.3) is 0 Å². The molecule has 5 heteroatoms. The molecule has 0 aliphatic carbocycles. The smallest absolute Gasteiger partial charge is 0.243 e. The van der Waals surface area contributed by atoms with Gasteiger partial charge in [0.2, 0.25) is 10.0 Å². The molecular weight excluding hydrogens is 286 g/mol. The number of rotatable bonds is 3. The molecular formula is C16H21NO3S. The molecule has 0 bridgehead atoms. The average molecular weight is 307 g/mol. The van der Waals surface area contributed by atoms with Gasteiger partial charge in [-0.15, -0.1) is 0 Å². The van der Waals surface area contributed by atoms with Crippen LogP contribution >= 0.6 is 0 Å². The molecule has 0 amide bonds. The molecule has 1 fully saturated rings. The van der Waals surface area contributed by atoms with Crippen LogP contribution in [0.5, 0.6) is 0 Å². The minimum absolute atomic E-state index is 0.237. The molecule has 0 spiro atoms. The monoisotopic (exact) mass is 307 g/mol. The predicted molar refractivity (Wildman–Crippen MR) is 82.1 cm³/mol. The Kier molecular flexibility index (Phi) is 5.04. The first kappa shape index (κ1) is 16.0. The average Bonchev–Trinajstić information content (AvgIpc) is 2.96. The van der Waals surface area contributed by atoms with Gasteiger partial charge < -0.3 is 5.11 Å². The molecule has 4 nitrogen and oxygen atoms in total. The van der Waals surface area contributed by atoms with Crippen molar-refractivity contribution in [2.45, 2.75) is 25.2 Å². The Labute approximate surface area is 126 Å². The zero-order valence-electron chi connectivity index (χ0n) is 12.4. The van der Waals surface area contributed by atoms with Gasteiger partial charge in [-0.3, -0.25) is 0 Å². The molecule has 1 aromatic carbocycles. The molecule has 0 aromatic heterocycles. The van der Waals surface area contributed by atoms with E-state index >= 15 is 0 Å². The van der Waals surface area contributed by atoms with Crippen LogP contribution in [0, 0.1) is 23.7 Å². The Morgan fingerprint density at radius 3 is 2.81 bits per heavy atom. The third-order valence-corrected chi connectivity index (χ3v) is 5.77. The lowest BCUT2D eigenvalue weighted by atomic mass is 9.96. The highest BCUT2D eigenvalue weighted by atomic mass is 32.2. The largest absolute Gasteiger partial charge is 0.384 e. The highest BCUT2D eigenvalue weighted by molar-refractivity contribution is 7.89. The number of benzene rings is 1. The SMILES string of the molecule is CC(C)C1CCN(S(=O)(=O)c2cccc(C#CCO)c2)C1. The van der Waals surface area contributed by atoms with Gasteiger partial charge in [-0.05, 0) is 36.5 Å². The van der Waals surface area contributed by atoms with Crippen molar-refractivity contribution in [3.8, 4) is 11.8 Å². The van der Waals surface area contributed by atoms with E-state index in [1.807, 2.05) is 0 Å². The van der Waals surface area contributed by atoms with Crippen LogP contribution in [-0.2, 0) is 10.0 Å². The lowest BCUT2D eigenvalue weighted by Gasteiger charge is -2.18. The van der Waals surface area contributed by atoms with Gasteiger partial charge in [0.1, 0.15) is 6.61 Å². The fourth-order valence-electron chi connectivity index (χ4n) is 2.54. The Morgan fingerprint density at radius 1 is 1.43 bits per heavy atom. The molecule has 21 heavy (non-hydrogen) atoms. The molecule has 1 atom stereocenters. The number of hydrogen-bond donors (Lipinski definition) is 1. The summed E-state index contributed by atoms with van der Waals surface area (Å²) in [5, 5.41) is 8.71. The lowest BCUT2D eigenvalue weighted by molar-refractivity contribution is 0.350. The summed E-state index contributed by atoms with van der Waals surface area (Å²) < 4.78 is 26.9. The minimum atomic E-state index is -3.45. The number of hydrogen-bond acceptors (Lipinski definition) is 3. The number of aliphatic hydroxyl groups excluding tert-OH is 1. The van der Waals surface area contributed by atoms with Crippen molar-refractivity contribution < 1.29 is 13.5 Å². The van der Waals surface area contributed by atoms with E-state index in [1.54, 1.807) is 28.6 Å². The van der Waals surface area contributed by atoms with Crippen LogP contribution in [0.2, 0.25) is 0 Å². The molecule has 1 saturated heterocycles. The second-order valence-electron chi connectivity index (χ2n) is 5.64. The van der Waals surface area contributed by atoms with Gasteiger partial charge in [-0.25, -0.2) is 8.42 Å². The van der Waals surface area contributed by atoms with E-state index in [0.717, 1.165) is 6.42 Å². The topological polar surface area (TPSA) is 57.6 Å². The fraction of sp³-hybridized carbons (Fsp3) is 0.500. The van der Waals surface area contributed by atoms with Gasteiger partial charge in [0, 0.05) is 18.7 Å². The third-order valence-electron chi connectivity index (χ3n) is 3.91. The Morgan fingerprint density at radius 2 is 2.19 bits per heavy atom. The van der Waals surface area contributed by atoms with Crippen molar-refractivity contribution in [2.24, 2.45) is 11.8 Å². The maximum atomic E-state index is 12.7. The quantitative estimate of drug-likeness (QED) is 0.865. The van der Waals surface area contributed by atoms with Crippen molar-refractivity contribution in [2.75, 3.05) is 19.7 Å². The summed E-state index contributed by atoms with van der Waals surface area (Å²) in [6, 6.07) is 6.59. The molecule has 1 unspecified atom stereocenters. The molecule has 0 saturated carbocycles. The van der Waals surface area contributed by atoms with E-state index in [4.69, 9.17) is 5.11 Å². The van der Waals surface area contributed by atoms with Crippen LogP contribution in [0.15, 0.2) is 29.2 Å². The summed E-state index contributed by atoms with van der Waals surface area (Å²) in [5.74, 6) is 6.19.